The molecule has 0 aromatic carbocycles. The fourth-order valence-corrected chi connectivity index (χ4v) is 2.23. The highest BCUT2D eigenvalue weighted by molar-refractivity contribution is 4.92. The van der Waals surface area contributed by atoms with E-state index >= 15 is 0 Å². The van der Waals surface area contributed by atoms with E-state index in [4.69, 9.17) is 9.47 Å². The highest BCUT2D eigenvalue weighted by Crippen LogP contribution is 2.25. The molecule has 0 aliphatic carbocycles. The van der Waals surface area contributed by atoms with Gasteiger partial charge in [-0.15, -0.1) is 0 Å². The number of hydrogen-bond acceptors (Lipinski definition) is 4. The van der Waals surface area contributed by atoms with E-state index in [-0.39, 0.29) is 6.10 Å². The smallest absolute Gasteiger partial charge is 0.105 e. The lowest BCUT2D eigenvalue weighted by Gasteiger charge is -2.30. The van der Waals surface area contributed by atoms with E-state index in [9.17, 15) is 5.11 Å². The topological polar surface area (TPSA) is 50.7 Å². The van der Waals surface area contributed by atoms with Gasteiger partial charge in [-0.25, -0.2) is 0 Å². The molecule has 2 aliphatic rings. The molecule has 88 valence electrons. The van der Waals surface area contributed by atoms with Gasteiger partial charge < -0.3 is 19.9 Å². The van der Waals surface area contributed by atoms with Crippen molar-refractivity contribution in [1.82, 2.24) is 5.32 Å². The van der Waals surface area contributed by atoms with Gasteiger partial charge in [0.1, 0.15) is 5.60 Å². The van der Waals surface area contributed by atoms with Crippen LogP contribution in [0.1, 0.15) is 26.2 Å². The van der Waals surface area contributed by atoms with Gasteiger partial charge >= 0.3 is 0 Å². The molecule has 2 saturated heterocycles. The minimum Gasteiger partial charge on any atom is -0.386 e. The van der Waals surface area contributed by atoms with Crippen molar-refractivity contribution in [3.63, 3.8) is 0 Å². The molecule has 2 heterocycles. The molecule has 4 heteroatoms. The summed E-state index contributed by atoms with van der Waals surface area (Å²) in [5.41, 5.74) is -0.683. The molecule has 3 unspecified atom stereocenters. The maximum Gasteiger partial charge on any atom is 0.105 e. The van der Waals surface area contributed by atoms with Crippen LogP contribution in [0.5, 0.6) is 0 Å². The van der Waals surface area contributed by atoms with E-state index in [1.807, 2.05) is 6.92 Å². The summed E-state index contributed by atoms with van der Waals surface area (Å²) in [4.78, 5) is 0. The fraction of sp³-hybridized carbons (Fsp3) is 1.00. The number of aliphatic hydroxyl groups is 1. The van der Waals surface area contributed by atoms with E-state index in [1.165, 1.54) is 0 Å². The van der Waals surface area contributed by atoms with Crippen LogP contribution in [0.2, 0.25) is 0 Å². The highest BCUT2D eigenvalue weighted by atomic mass is 16.5. The third-order valence-electron chi connectivity index (χ3n) is 3.52. The number of rotatable bonds is 3. The molecule has 2 N–H and O–H groups in total. The maximum atomic E-state index is 10.3. The number of ether oxygens (including phenoxy) is 2. The normalized spacial score (nSPS) is 42.0. The van der Waals surface area contributed by atoms with Crippen molar-refractivity contribution in [1.29, 1.82) is 0 Å². The van der Waals surface area contributed by atoms with Crippen LogP contribution in [-0.2, 0) is 9.47 Å². The monoisotopic (exact) mass is 215 g/mol. The predicted octanol–water partition coefficient (Wildman–Crippen LogP) is 0.295. The molecule has 0 radical (unpaired) electrons. The van der Waals surface area contributed by atoms with Gasteiger partial charge in [0, 0.05) is 32.2 Å². The lowest BCUT2D eigenvalue weighted by atomic mass is 9.96. The summed E-state index contributed by atoms with van der Waals surface area (Å²) in [7, 11) is 0. The van der Waals surface area contributed by atoms with Crippen LogP contribution < -0.4 is 5.32 Å². The summed E-state index contributed by atoms with van der Waals surface area (Å²) in [6, 6.07) is 0.399. The minimum absolute atomic E-state index is 0.0606. The zero-order valence-electron chi connectivity index (χ0n) is 9.37. The molecule has 0 saturated carbocycles. The molecule has 0 amide bonds. The van der Waals surface area contributed by atoms with Gasteiger partial charge in [-0.05, 0) is 19.8 Å². The molecule has 0 aromatic heterocycles. The van der Waals surface area contributed by atoms with E-state index in [0.717, 1.165) is 32.5 Å². The minimum atomic E-state index is -0.683. The van der Waals surface area contributed by atoms with Gasteiger partial charge in [0.2, 0.25) is 0 Å². The van der Waals surface area contributed by atoms with Crippen LogP contribution >= 0.6 is 0 Å². The Labute approximate surface area is 90.9 Å². The molecular weight excluding hydrogens is 194 g/mol. The average molecular weight is 215 g/mol. The van der Waals surface area contributed by atoms with Crippen molar-refractivity contribution in [2.24, 2.45) is 0 Å². The van der Waals surface area contributed by atoms with Crippen LogP contribution in [-0.4, -0.2) is 49.2 Å². The summed E-state index contributed by atoms with van der Waals surface area (Å²) < 4.78 is 10.8. The van der Waals surface area contributed by atoms with Crippen molar-refractivity contribution in [3.8, 4) is 0 Å². The van der Waals surface area contributed by atoms with Crippen LogP contribution in [0.25, 0.3) is 0 Å². The molecule has 0 bridgehead atoms. The maximum absolute atomic E-state index is 10.3. The van der Waals surface area contributed by atoms with Crippen LogP contribution in [0, 0.1) is 0 Å². The molecule has 2 aliphatic heterocycles. The Kier molecular flexibility index (Phi) is 3.61. The number of hydrogen-bond donors (Lipinski definition) is 2. The Bertz CT molecular complexity index is 206. The molecule has 0 aromatic rings. The molecular formula is C11H21NO3. The van der Waals surface area contributed by atoms with Gasteiger partial charge in [0.15, 0.2) is 0 Å². The molecule has 15 heavy (non-hydrogen) atoms. The second kappa shape index (κ2) is 4.78. The quantitative estimate of drug-likeness (QED) is 0.710. The third-order valence-corrected chi connectivity index (χ3v) is 3.52. The Hall–Kier alpha value is -0.160. The average Bonchev–Trinajstić information content (AvgIpc) is 2.59. The second-order valence-electron chi connectivity index (χ2n) is 4.66. The Morgan fingerprint density at radius 2 is 2.33 bits per heavy atom. The first-order valence-electron chi connectivity index (χ1n) is 5.86. The Balaban J connectivity index is 1.76. The van der Waals surface area contributed by atoms with Gasteiger partial charge in [0.25, 0.3) is 0 Å². The van der Waals surface area contributed by atoms with Gasteiger partial charge in [-0.2, -0.15) is 0 Å². The van der Waals surface area contributed by atoms with E-state index in [2.05, 4.69) is 5.32 Å². The van der Waals surface area contributed by atoms with E-state index in [1.54, 1.807) is 0 Å². The standard InChI is InChI=1S/C11H21NO3/c1-9-11(13,4-6-15-9)8-12-10-3-2-5-14-7-10/h9-10,12-13H,2-8H2,1H3. The van der Waals surface area contributed by atoms with Gasteiger partial charge in [-0.3, -0.25) is 0 Å². The Morgan fingerprint density at radius 3 is 2.93 bits per heavy atom. The lowest BCUT2D eigenvalue weighted by molar-refractivity contribution is -0.0318. The summed E-state index contributed by atoms with van der Waals surface area (Å²) in [5, 5.41) is 13.6. The van der Waals surface area contributed by atoms with Crippen molar-refractivity contribution >= 4 is 0 Å². The van der Waals surface area contributed by atoms with Gasteiger partial charge in [0.05, 0.1) is 12.7 Å². The SMILES string of the molecule is CC1OCCC1(O)CNC1CCCOC1. The van der Waals surface area contributed by atoms with E-state index < -0.39 is 5.60 Å². The molecule has 4 nitrogen and oxygen atoms in total. The van der Waals surface area contributed by atoms with Crippen LogP contribution in [0.15, 0.2) is 0 Å². The lowest BCUT2D eigenvalue weighted by Crippen LogP contribution is -2.50. The molecule has 0 spiro atoms. The summed E-state index contributed by atoms with van der Waals surface area (Å²) in [6.07, 6.45) is 2.93. The first-order valence-corrected chi connectivity index (χ1v) is 5.86. The zero-order valence-corrected chi connectivity index (χ0v) is 9.37. The second-order valence-corrected chi connectivity index (χ2v) is 4.66. The first-order chi connectivity index (χ1) is 7.21. The van der Waals surface area contributed by atoms with Crippen LogP contribution in [0.3, 0.4) is 0 Å². The highest BCUT2D eigenvalue weighted by Gasteiger charge is 2.39. The molecule has 3 atom stereocenters. The van der Waals surface area contributed by atoms with Crippen molar-refractivity contribution in [3.05, 3.63) is 0 Å². The van der Waals surface area contributed by atoms with Crippen molar-refractivity contribution in [2.75, 3.05) is 26.4 Å². The summed E-state index contributed by atoms with van der Waals surface area (Å²) in [6.45, 7) is 4.86. The first kappa shape index (κ1) is 11.3. The zero-order chi connectivity index (χ0) is 10.7. The molecule has 2 rings (SSSR count). The van der Waals surface area contributed by atoms with Crippen molar-refractivity contribution in [2.45, 2.75) is 43.9 Å². The van der Waals surface area contributed by atoms with E-state index in [0.29, 0.717) is 19.2 Å². The van der Waals surface area contributed by atoms with Crippen LogP contribution in [0.4, 0.5) is 0 Å². The van der Waals surface area contributed by atoms with Gasteiger partial charge in [-0.1, -0.05) is 0 Å². The van der Waals surface area contributed by atoms with Crippen molar-refractivity contribution < 1.29 is 14.6 Å². The Morgan fingerprint density at radius 1 is 1.47 bits per heavy atom. The number of nitrogens with one attached hydrogen (secondary N) is 1. The fourth-order valence-electron chi connectivity index (χ4n) is 2.23. The molecule has 2 fully saturated rings. The summed E-state index contributed by atoms with van der Waals surface area (Å²) >= 11 is 0. The third kappa shape index (κ3) is 2.69. The largest absolute Gasteiger partial charge is 0.386 e. The summed E-state index contributed by atoms with van der Waals surface area (Å²) in [5.74, 6) is 0. The predicted molar refractivity (Wildman–Crippen MR) is 56.8 cm³/mol.